The molecule has 1 aliphatic rings. The van der Waals surface area contributed by atoms with Gasteiger partial charge in [0.15, 0.2) is 28.6 Å². The molecule has 0 N–H and O–H groups in total. The number of methoxy groups -OCH3 is 3. The summed E-state index contributed by atoms with van der Waals surface area (Å²) in [6, 6.07) is 16.5. The third-order valence-electron chi connectivity index (χ3n) is 6.56. The molecule has 3 heterocycles. The fourth-order valence-corrected chi connectivity index (χ4v) is 4.72. The molecular formula is C27H28N2O4. The first-order valence-corrected chi connectivity index (χ1v) is 11.1. The van der Waals surface area contributed by atoms with Crippen molar-refractivity contribution in [3.05, 3.63) is 71.4 Å². The third kappa shape index (κ3) is 3.80. The quantitative estimate of drug-likeness (QED) is 0.384. The minimum atomic E-state index is 0.243. The Labute approximate surface area is 193 Å². The van der Waals surface area contributed by atoms with Crippen LogP contribution in [0, 0.1) is 0 Å². The summed E-state index contributed by atoms with van der Waals surface area (Å²) in [4.78, 5) is 6.93. The number of fused-ring (bicyclic) bond motifs is 2. The number of rotatable bonds is 6. The molecule has 0 bridgehead atoms. The highest BCUT2D eigenvalue weighted by Gasteiger charge is 2.27. The fourth-order valence-electron chi connectivity index (χ4n) is 4.72. The summed E-state index contributed by atoms with van der Waals surface area (Å²) in [6.45, 7) is 4.01. The minimum absolute atomic E-state index is 0.243. The van der Waals surface area contributed by atoms with Gasteiger partial charge in [0.1, 0.15) is 5.69 Å². The molecule has 2 aromatic carbocycles. The molecular weight excluding hydrogens is 416 g/mol. The van der Waals surface area contributed by atoms with Crippen molar-refractivity contribution >= 4 is 11.0 Å². The second-order valence-corrected chi connectivity index (χ2v) is 8.30. The molecule has 0 saturated heterocycles. The standard InChI is InChI=1S/C27H28N2O4/c1-17-20-14-26(32-4)25(31-3)13-18(20)10-12-29(17)16-19-8-9-23(30-2)27-21(19)15-24(33-27)22-7-5-6-11-28-22/h5-9,11,13-15,17H,10,12,16H2,1-4H3. The number of furan rings is 1. The highest BCUT2D eigenvalue weighted by molar-refractivity contribution is 5.90. The van der Waals surface area contributed by atoms with E-state index < -0.39 is 0 Å². The number of hydrogen-bond acceptors (Lipinski definition) is 6. The molecule has 0 aliphatic carbocycles. The molecule has 6 heteroatoms. The van der Waals surface area contributed by atoms with Crippen LogP contribution < -0.4 is 14.2 Å². The molecule has 1 unspecified atom stereocenters. The number of aromatic nitrogens is 1. The van der Waals surface area contributed by atoms with Crippen LogP contribution in [0.2, 0.25) is 0 Å². The predicted molar refractivity (Wildman–Crippen MR) is 128 cm³/mol. The monoisotopic (exact) mass is 444 g/mol. The van der Waals surface area contributed by atoms with E-state index in [1.54, 1.807) is 27.5 Å². The Morgan fingerprint density at radius 2 is 1.76 bits per heavy atom. The first kappa shape index (κ1) is 21.3. The van der Waals surface area contributed by atoms with Crippen LogP contribution in [-0.4, -0.2) is 37.8 Å². The summed E-state index contributed by atoms with van der Waals surface area (Å²) in [5.41, 5.74) is 5.37. The number of hydrogen-bond donors (Lipinski definition) is 0. The van der Waals surface area contributed by atoms with Gasteiger partial charge in [-0.2, -0.15) is 0 Å². The second-order valence-electron chi connectivity index (χ2n) is 8.30. The first-order valence-electron chi connectivity index (χ1n) is 11.1. The van der Waals surface area contributed by atoms with Crippen molar-refractivity contribution in [2.45, 2.75) is 25.9 Å². The van der Waals surface area contributed by atoms with Crippen LogP contribution in [0.5, 0.6) is 17.2 Å². The van der Waals surface area contributed by atoms with E-state index in [4.69, 9.17) is 18.6 Å². The Balaban J connectivity index is 1.50. The maximum Gasteiger partial charge on any atom is 0.177 e. The molecule has 0 amide bonds. The maximum absolute atomic E-state index is 6.21. The molecule has 5 rings (SSSR count). The Hall–Kier alpha value is -3.51. The first-order chi connectivity index (χ1) is 16.1. The van der Waals surface area contributed by atoms with Crippen molar-refractivity contribution in [3.63, 3.8) is 0 Å². The number of benzene rings is 2. The Bertz CT molecular complexity index is 1280. The van der Waals surface area contributed by atoms with Gasteiger partial charge in [-0.3, -0.25) is 9.88 Å². The van der Waals surface area contributed by atoms with Crippen LogP contribution in [0.4, 0.5) is 0 Å². The van der Waals surface area contributed by atoms with Crippen molar-refractivity contribution in [1.82, 2.24) is 9.88 Å². The molecule has 1 atom stereocenters. The lowest BCUT2D eigenvalue weighted by atomic mass is 9.92. The lowest BCUT2D eigenvalue weighted by Gasteiger charge is -2.36. The molecule has 1 aliphatic heterocycles. The van der Waals surface area contributed by atoms with Crippen molar-refractivity contribution in [2.75, 3.05) is 27.9 Å². The van der Waals surface area contributed by atoms with E-state index in [0.717, 1.165) is 59.2 Å². The van der Waals surface area contributed by atoms with Crippen molar-refractivity contribution in [1.29, 1.82) is 0 Å². The van der Waals surface area contributed by atoms with Gasteiger partial charge in [0.2, 0.25) is 0 Å². The lowest BCUT2D eigenvalue weighted by molar-refractivity contribution is 0.189. The van der Waals surface area contributed by atoms with Crippen molar-refractivity contribution < 1.29 is 18.6 Å². The molecule has 6 nitrogen and oxygen atoms in total. The summed E-state index contributed by atoms with van der Waals surface area (Å²) in [6.07, 6.45) is 2.74. The van der Waals surface area contributed by atoms with Gasteiger partial charge in [0.05, 0.1) is 21.3 Å². The van der Waals surface area contributed by atoms with E-state index in [1.165, 1.54) is 16.7 Å². The zero-order valence-corrected chi connectivity index (χ0v) is 19.4. The lowest BCUT2D eigenvalue weighted by Crippen LogP contribution is -2.33. The van der Waals surface area contributed by atoms with Crippen LogP contribution in [0.1, 0.15) is 29.7 Å². The van der Waals surface area contributed by atoms with E-state index in [0.29, 0.717) is 0 Å². The number of ether oxygens (including phenoxy) is 3. The summed E-state index contributed by atoms with van der Waals surface area (Å²) in [5.74, 6) is 3.02. The fraction of sp³-hybridized carbons (Fsp3) is 0.296. The number of pyridine rings is 1. The smallest absolute Gasteiger partial charge is 0.177 e. The van der Waals surface area contributed by atoms with Gasteiger partial charge in [0.25, 0.3) is 0 Å². The van der Waals surface area contributed by atoms with E-state index in [-0.39, 0.29) is 6.04 Å². The van der Waals surface area contributed by atoms with Gasteiger partial charge < -0.3 is 18.6 Å². The van der Waals surface area contributed by atoms with Gasteiger partial charge in [-0.15, -0.1) is 0 Å². The van der Waals surface area contributed by atoms with Crippen LogP contribution >= 0.6 is 0 Å². The largest absolute Gasteiger partial charge is 0.493 e. The van der Waals surface area contributed by atoms with Crippen molar-refractivity contribution in [3.8, 4) is 28.7 Å². The highest BCUT2D eigenvalue weighted by atomic mass is 16.5. The zero-order chi connectivity index (χ0) is 22.9. The van der Waals surface area contributed by atoms with E-state index in [1.807, 2.05) is 24.3 Å². The Morgan fingerprint density at radius 1 is 0.970 bits per heavy atom. The predicted octanol–water partition coefficient (Wildman–Crippen LogP) is 5.64. The van der Waals surface area contributed by atoms with Gasteiger partial charge in [-0.25, -0.2) is 0 Å². The van der Waals surface area contributed by atoms with E-state index >= 15 is 0 Å². The minimum Gasteiger partial charge on any atom is -0.493 e. The summed E-state index contributed by atoms with van der Waals surface area (Å²) >= 11 is 0. The van der Waals surface area contributed by atoms with Gasteiger partial charge >= 0.3 is 0 Å². The van der Waals surface area contributed by atoms with Crippen LogP contribution in [0.15, 0.2) is 59.1 Å². The second kappa shape index (κ2) is 8.79. The van der Waals surface area contributed by atoms with E-state index in [9.17, 15) is 0 Å². The highest BCUT2D eigenvalue weighted by Crippen LogP contribution is 2.40. The molecule has 2 aromatic heterocycles. The van der Waals surface area contributed by atoms with E-state index in [2.05, 4.69) is 41.1 Å². The summed E-state index contributed by atoms with van der Waals surface area (Å²) in [5, 5.41) is 1.06. The average molecular weight is 445 g/mol. The van der Waals surface area contributed by atoms with Gasteiger partial charge in [-0.05, 0) is 66.4 Å². The molecule has 33 heavy (non-hydrogen) atoms. The van der Waals surface area contributed by atoms with Crippen LogP contribution in [-0.2, 0) is 13.0 Å². The molecule has 0 saturated carbocycles. The zero-order valence-electron chi connectivity index (χ0n) is 19.4. The molecule has 4 aromatic rings. The molecule has 0 spiro atoms. The topological polar surface area (TPSA) is 57.0 Å². The average Bonchev–Trinajstić information content (AvgIpc) is 3.32. The molecule has 0 radical (unpaired) electrons. The van der Waals surface area contributed by atoms with Gasteiger partial charge in [-0.1, -0.05) is 12.1 Å². The third-order valence-corrected chi connectivity index (χ3v) is 6.56. The summed E-state index contributed by atoms with van der Waals surface area (Å²) in [7, 11) is 5.03. The number of nitrogens with zero attached hydrogens (tertiary/aromatic N) is 2. The van der Waals surface area contributed by atoms with Crippen molar-refractivity contribution in [2.24, 2.45) is 0 Å². The van der Waals surface area contributed by atoms with Gasteiger partial charge in [0, 0.05) is 30.7 Å². The SMILES string of the molecule is COc1cc2c(cc1OC)C(C)N(Cc1ccc(OC)c3oc(-c4ccccn4)cc13)CC2. The summed E-state index contributed by atoms with van der Waals surface area (Å²) < 4.78 is 22.9. The Morgan fingerprint density at radius 3 is 2.48 bits per heavy atom. The maximum atomic E-state index is 6.21. The molecule has 170 valence electrons. The van der Waals surface area contributed by atoms with Crippen LogP contribution in [0.25, 0.3) is 22.4 Å². The van der Waals surface area contributed by atoms with Crippen LogP contribution in [0.3, 0.4) is 0 Å². The molecule has 0 fully saturated rings. The normalized spacial score (nSPS) is 15.9. The Kier molecular flexibility index (Phi) is 5.68.